The summed E-state index contributed by atoms with van der Waals surface area (Å²) >= 11 is 5.74. The fraction of sp³-hybridized carbons (Fsp3) is 0.0476. The fourth-order valence-electron chi connectivity index (χ4n) is 3.36. The molecule has 0 aliphatic carbocycles. The van der Waals surface area contributed by atoms with Gasteiger partial charge in [0.1, 0.15) is 23.3 Å². The number of nitrogens with one attached hydrogen (secondary N) is 1. The lowest BCUT2D eigenvalue weighted by atomic mass is 10.0. The number of benzene rings is 2. The van der Waals surface area contributed by atoms with Crippen molar-refractivity contribution in [2.24, 2.45) is 4.99 Å². The summed E-state index contributed by atoms with van der Waals surface area (Å²) in [7, 11) is 0. The molecule has 8 nitrogen and oxygen atoms in total. The number of H-pyrrole nitrogens is 1. The summed E-state index contributed by atoms with van der Waals surface area (Å²) in [5.74, 6) is -3.99. The van der Waals surface area contributed by atoms with Crippen LogP contribution in [0.15, 0.2) is 40.1 Å². The van der Waals surface area contributed by atoms with Gasteiger partial charge in [-0.3, -0.25) is 4.99 Å². The second-order valence-corrected chi connectivity index (χ2v) is 7.15. The van der Waals surface area contributed by atoms with Crippen LogP contribution in [0.4, 0.5) is 14.5 Å². The van der Waals surface area contributed by atoms with Gasteiger partial charge in [-0.1, -0.05) is 23.7 Å². The molecule has 1 aliphatic rings. The number of carboxylic acid groups (broad SMARTS) is 1. The number of nitrogens with zero attached hydrogens (tertiary/aromatic N) is 3. The van der Waals surface area contributed by atoms with Crippen LogP contribution in [0.1, 0.15) is 28.4 Å². The predicted molar refractivity (Wildman–Crippen MR) is 111 cm³/mol. The number of imidazole rings is 1. The van der Waals surface area contributed by atoms with Gasteiger partial charge in [-0.05, 0) is 29.8 Å². The number of carbonyl (C=O) groups is 1. The zero-order chi connectivity index (χ0) is 23.2. The van der Waals surface area contributed by atoms with Crippen LogP contribution in [0.2, 0.25) is 5.02 Å². The van der Waals surface area contributed by atoms with Gasteiger partial charge in [0.25, 0.3) is 0 Å². The van der Waals surface area contributed by atoms with Crippen molar-refractivity contribution in [3.63, 3.8) is 0 Å². The summed E-state index contributed by atoms with van der Waals surface area (Å²) in [6.45, 7) is 0. The van der Waals surface area contributed by atoms with E-state index in [1.807, 2.05) is 0 Å². The first kappa shape index (κ1) is 21.0. The number of allylic oxidation sites excluding steroid dienone is 1. The maximum Gasteiger partial charge on any atom is 0.331 e. The Hall–Kier alpha value is -4.23. The molecule has 3 aromatic rings. The van der Waals surface area contributed by atoms with Gasteiger partial charge in [0.15, 0.2) is 11.9 Å². The lowest BCUT2D eigenvalue weighted by Gasteiger charge is -2.15. The van der Waals surface area contributed by atoms with Gasteiger partial charge in [-0.2, -0.15) is 5.26 Å². The van der Waals surface area contributed by atoms with Crippen molar-refractivity contribution in [2.75, 3.05) is 0 Å². The van der Waals surface area contributed by atoms with Crippen LogP contribution in [0.25, 0.3) is 11.6 Å². The molecule has 0 saturated carbocycles. The van der Waals surface area contributed by atoms with Gasteiger partial charge < -0.3 is 15.2 Å². The van der Waals surface area contributed by atoms with Gasteiger partial charge in [0.05, 0.1) is 10.6 Å². The first-order valence-electron chi connectivity index (χ1n) is 8.93. The first-order valence-corrected chi connectivity index (χ1v) is 9.30. The number of nitriles is 1. The fourth-order valence-corrected chi connectivity index (χ4v) is 3.52. The van der Waals surface area contributed by atoms with E-state index in [4.69, 9.17) is 16.9 Å². The summed E-state index contributed by atoms with van der Waals surface area (Å²) in [6, 6.07) is 5.71. The quantitative estimate of drug-likeness (QED) is 0.551. The van der Waals surface area contributed by atoms with E-state index >= 15 is 0 Å². The van der Waals surface area contributed by atoms with Crippen molar-refractivity contribution in [3.8, 4) is 11.9 Å². The molecule has 3 N–H and O–H groups in total. The number of hydrogen-bond acceptors (Lipinski definition) is 5. The molecule has 0 fully saturated rings. The highest BCUT2D eigenvalue weighted by Crippen LogP contribution is 2.38. The highest BCUT2D eigenvalue weighted by molar-refractivity contribution is 6.31. The van der Waals surface area contributed by atoms with E-state index in [2.05, 4.69) is 9.98 Å². The Morgan fingerprint density at radius 2 is 2.06 bits per heavy atom. The number of aromatic amines is 1. The molecule has 1 aromatic heterocycles. The average molecular weight is 457 g/mol. The van der Waals surface area contributed by atoms with E-state index in [1.54, 1.807) is 6.07 Å². The molecule has 0 bridgehead atoms. The van der Waals surface area contributed by atoms with Crippen LogP contribution in [0.5, 0.6) is 5.88 Å². The lowest BCUT2D eigenvalue weighted by Crippen LogP contribution is -2.28. The maximum atomic E-state index is 14.1. The minimum absolute atomic E-state index is 0.0125. The SMILES string of the molecule is N#Cc1ccc(C(C(=O)O)n2c(O)c(C=C3C=Nc4c3ccc(Cl)c4F)[nH]c2=O)cc1F. The Morgan fingerprint density at radius 3 is 2.72 bits per heavy atom. The van der Waals surface area contributed by atoms with Crippen LogP contribution in [0.3, 0.4) is 0 Å². The zero-order valence-electron chi connectivity index (χ0n) is 15.8. The van der Waals surface area contributed by atoms with E-state index in [0.29, 0.717) is 15.7 Å². The molecular weight excluding hydrogens is 446 g/mol. The van der Waals surface area contributed by atoms with Crippen molar-refractivity contribution in [3.05, 3.63) is 79.9 Å². The van der Waals surface area contributed by atoms with Crippen LogP contribution >= 0.6 is 11.6 Å². The van der Waals surface area contributed by atoms with Crippen LogP contribution in [-0.4, -0.2) is 31.9 Å². The van der Waals surface area contributed by atoms with Crippen LogP contribution in [0, 0.1) is 23.0 Å². The summed E-state index contributed by atoms with van der Waals surface area (Å²) < 4.78 is 28.7. The molecular formula is C21H11ClF2N4O4. The molecule has 2 heterocycles. The third-order valence-electron chi connectivity index (χ3n) is 4.86. The molecule has 1 unspecified atom stereocenters. The number of rotatable bonds is 4. The summed E-state index contributed by atoms with van der Waals surface area (Å²) in [4.78, 5) is 30.7. The maximum absolute atomic E-state index is 14.1. The second kappa shape index (κ2) is 7.79. The number of aliphatic imine (C=N–C) groups is 1. The molecule has 1 aliphatic heterocycles. The number of carboxylic acids is 1. The van der Waals surface area contributed by atoms with Crippen LogP contribution in [-0.2, 0) is 4.79 Å². The van der Waals surface area contributed by atoms with E-state index in [-0.39, 0.29) is 27.5 Å². The molecule has 2 aromatic carbocycles. The molecule has 0 saturated heterocycles. The number of aromatic nitrogens is 2. The second-order valence-electron chi connectivity index (χ2n) is 6.74. The Morgan fingerprint density at radius 1 is 1.31 bits per heavy atom. The van der Waals surface area contributed by atoms with Crippen molar-refractivity contribution in [2.45, 2.75) is 6.04 Å². The normalized spacial score (nSPS) is 14.4. The van der Waals surface area contributed by atoms with E-state index in [9.17, 15) is 28.6 Å². The Kier molecular flexibility index (Phi) is 5.12. The molecule has 0 amide bonds. The third-order valence-corrected chi connectivity index (χ3v) is 5.16. The average Bonchev–Trinajstić information content (AvgIpc) is 3.27. The summed E-state index contributed by atoms with van der Waals surface area (Å²) in [6.07, 6.45) is 2.58. The number of aliphatic carboxylic acids is 1. The Bertz CT molecular complexity index is 1450. The third kappa shape index (κ3) is 3.34. The predicted octanol–water partition coefficient (Wildman–Crippen LogP) is 3.62. The minimum Gasteiger partial charge on any atom is -0.493 e. The van der Waals surface area contributed by atoms with Crippen molar-refractivity contribution >= 4 is 41.1 Å². The molecule has 32 heavy (non-hydrogen) atoms. The van der Waals surface area contributed by atoms with Gasteiger partial charge in [0.2, 0.25) is 5.88 Å². The number of hydrogen-bond donors (Lipinski definition) is 3. The number of halogens is 3. The lowest BCUT2D eigenvalue weighted by molar-refractivity contribution is -0.139. The van der Waals surface area contributed by atoms with Crippen molar-refractivity contribution in [1.82, 2.24) is 9.55 Å². The highest BCUT2D eigenvalue weighted by Gasteiger charge is 2.29. The molecule has 4 rings (SSSR count). The number of aromatic hydroxyl groups is 1. The number of fused-ring (bicyclic) bond motifs is 1. The van der Waals surface area contributed by atoms with Gasteiger partial charge >= 0.3 is 11.7 Å². The molecule has 0 radical (unpaired) electrons. The molecule has 160 valence electrons. The van der Waals surface area contributed by atoms with Crippen molar-refractivity contribution < 1.29 is 23.8 Å². The van der Waals surface area contributed by atoms with Crippen LogP contribution < -0.4 is 5.69 Å². The van der Waals surface area contributed by atoms with Gasteiger partial charge in [-0.25, -0.2) is 22.9 Å². The summed E-state index contributed by atoms with van der Waals surface area (Å²) in [5.41, 5.74) is -0.959. The topological polar surface area (TPSA) is 131 Å². The standard InChI is InChI=1S/C21H11ClF2N4O4/c22-13-4-3-12-11(8-26-17(12)16(13)24)6-15-19(29)28(21(32)27-15)18(20(30)31)9-1-2-10(7-25)14(23)5-9/h1-6,8,18,29H,(H,27,32)(H,30,31). The van der Waals surface area contributed by atoms with Crippen molar-refractivity contribution in [1.29, 1.82) is 5.26 Å². The van der Waals surface area contributed by atoms with E-state index < -0.39 is 35.2 Å². The zero-order valence-corrected chi connectivity index (χ0v) is 16.6. The largest absolute Gasteiger partial charge is 0.493 e. The van der Waals surface area contributed by atoms with Gasteiger partial charge in [-0.15, -0.1) is 0 Å². The highest BCUT2D eigenvalue weighted by atomic mass is 35.5. The van der Waals surface area contributed by atoms with E-state index in [1.165, 1.54) is 30.5 Å². The molecule has 11 heteroatoms. The monoisotopic (exact) mass is 456 g/mol. The molecule has 1 atom stereocenters. The van der Waals surface area contributed by atoms with E-state index in [0.717, 1.165) is 12.1 Å². The van der Waals surface area contributed by atoms with Gasteiger partial charge in [0, 0.05) is 17.4 Å². The smallest absolute Gasteiger partial charge is 0.331 e. The minimum atomic E-state index is -1.78. The summed E-state index contributed by atoms with van der Waals surface area (Å²) in [5, 5.41) is 29.0. The Balaban J connectivity index is 1.81. The molecule has 0 spiro atoms. The Labute approximate surface area is 183 Å². The first-order chi connectivity index (χ1) is 15.2.